The van der Waals surface area contributed by atoms with Crippen molar-refractivity contribution in [3.63, 3.8) is 0 Å². The summed E-state index contributed by atoms with van der Waals surface area (Å²) in [5, 5.41) is 3.55. The van der Waals surface area contributed by atoms with Crippen molar-refractivity contribution in [1.29, 1.82) is 0 Å². The number of carbonyl (C=O) groups is 2. The summed E-state index contributed by atoms with van der Waals surface area (Å²) in [4.78, 5) is 30.0. The van der Waals surface area contributed by atoms with Crippen molar-refractivity contribution in [2.24, 2.45) is 4.99 Å². The van der Waals surface area contributed by atoms with Gasteiger partial charge in [0.1, 0.15) is 5.60 Å². The molecule has 0 saturated carbocycles. The van der Waals surface area contributed by atoms with E-state index in [0.29, 0.717) is 18.8 Å². The predicted octanol–water partition coefficient (Wildman–Crippen LogP) is 4.33. The Hall–Kier alpha value is -2.02. The number of rotatable bonds is 8. The Kier molecular flexibility index (Phi) is 8.16. The first kappa shape index (κ1) is 21.3. The Morgan fingerprint density at radius 1 is 1.19 bits per heavy atom. The van der Waals surface area contributed by atoms with Crippen molar-refractivity contribution in [3.8, 4) is 0 Å². The summed E-state index contributed by atoms with van der Waals surface area (Å²) in [6, 6.07) is 9.71. The first-order valence-corrected chi connectivity index (χ1v) is 10.4. The molecular formula is C20H29N3O3S. The van der Waals surface area contributed by atoms with Gasteiger partial charge in [-0.05, 0) is 45.7 Å². The van der Waals surface area contributed by atoms with Crippen LogP contribution in [-0.4, -0.2) is 46.5 Å². The smallest absolute Gasteiger partial charge is 0.407 e. The highest BCUT2D eigenvalue weighted by atomic mass is 32.2. The number of aliphatic imine (C=N–C) groups is 1. The zero-order chi connectivity index (χ0) is 19.7. The average Bonchev–Trinajstić information content (AvgIpc) is 2.93. The Balaban J connectivity index is 1.65. The molecule has 1 heterocycles. The van der Waals surface area contributed by atoms with Crippen molar-refractivity contribution >= 4 is 34.6 Å². The maximum Gasteiger partial charge on any atom is 0.407 e. The molecule has 0 radical (unpaired) electrons. The molecule has 1 aromatic carbocycles. The van der Waals surface area contributed by atoms with Crippen molar-refractivity contribution in [3.05, 3.63) is 30.3 Å². The number of nitrogens with zero attached hydrogens (tertiary/aromatic N) is 2. The average molecular weight is 392 g/mol. The van der Waals surface area contributed by atoms with Crippen LogP contribution in [0.2, 0.25) is 0 Å². The summed E-state index contributed by atoms with van der Waals surface area (Å²) in [7, 11) is 0. The zero-order valence-electron chi connectivity index (χ0n) is 16.4. The molecule has 1 saturated heterocycles. The summed E-state index contributed by atoms with van der Waals surface area (Å²) in [5.74, 6) is 0.590. The number of hydrogen-bond acceptors (Lipinski definition) is 5. The topological polar surface area (TPSA) is 71.0 Å². The minimum Gasteiger partial charge on any atom is -0.444 e. The molecule has 148 valence electrons. The van der Waals surface area contributed by atoms with Crippen LogP contribution in [0.25, 0.3) is 0 Å². The third-order valence-electron chi connectivity index (χ3n) is 3.81. The number of unbranched alkanes of at least 4 members (excludes halogenated alkanes) is 3. The number of amidine groups is 1. The molecule has 7 heteroatoms. The fourth-order valence-corrected chi connectivity index (χ4v) is 3.50. The second-order valence-electron chi connectivity index (χ2n) is 7.41. The molecule has 0 bridgehead atoms. The monoisotopic (exact) mass is 391 g/mol. The van der Waals surface area contributed by atoms with Crippen LogP contribution in [0.4, 0.5) is 10.5 Å². The van der Waals surface area contributed by atoms with Gasteiger partial charge in [-0.2, -0.15) is 0 Å². The van der Waals surface area contributed by atoms with E-state index in [2.05, 4.69) is 10.3 Å². The minimum absolute atomic E-state index is 0.126. The number of thioether (sulfide) groups is 1. The number of hydrogen-bond donors (Lipinski definition) is 1. The molecule has 27 heavy (non-hydrogen) atoms. The molecule has 0 aliphatic carbocycles. The van der Waals surface area contributed by atoms with E-state index in [9.17, 15) is 9.59 Å². The summed E-state index contributed by atoms with van der Waals surface area (Å²) < 4.78 is 5.20. The van der Waals surface area contributed by atoms with Gasteiger partial charge in [0.2, 0.25) is 5.91 Å². The predicted molar refractivity (Wildman–Crippen MR) is 110 cm³/mol. The van der Waals surface area contributed by atoms with Crippen molar-refractivity contribution < 1.29 is 14.3 Å². The maximum atomic E-state index is 12.1. The van der Waals surface area contributed by atoms with Crippen molar-refractivity contribution in [2.45, 2.75) is 52.1 Å². The van der Waals surface area contributed by atoms with Gasteiger partial charge in [0.15, 0.2) is 5.17 Å². The maximum absolute atomic E-state index is 12.1. The van der Waals surface area contributed by atoms with Crippen LogP contribution in [0.5, 0.6) is 0 Å². The third kappa shape index (κ3) is 8.03. The molecule has 1 aliphatic heterocycles. The van der Waals surface area contributed by atoms with E-state index in [1.54, 1.807) is 4.90 Å². The lowest BCUT2D eigenvalue weighted by Crippen LogP contribution is -2.33. The number of amides is 2. The zero-order valence-corrected chi connectivity index (χ0v) is 17.2. The van der Waals surface area contributed by atoms with Crippen LogP contribution in [0.3, 0.4) is 0 Å². The van der Waals surface area contributed by atoms with E-state index < -0.39 is 5.60 Å². The lowest BCUT2D eigenvalue weighted by atomic mass is 10.2. The van der Waals surface area contributed by atoms with Crippen LogP contribution < -0.4 is 5.32 Å². The molecule has 1 fully saturated rings. The molecule has 0 aromatic heterocycles. The SMILES string of the molecule is CC(C)(C)OC(=O)NCCCCCCN1C(=O)CSC1=Nc1ccccc1. The Bertz CT molecular complexity index is 656. The minimum atomic E-state index is -0.469. The Morgan fingerprint density at radius 3 is 2.59 bits per heavy atom. The molecule has 2 rings (SSSR count). The molecule has 1 N–H and O–H groups in total. The van der Waals surface area contributed by atoms with Gasteiger partial charge in [0, 0.05) is 13.1 Å². The number of benzene rings is 1. The lowest BCUT2D eigenvalue weighted by Gasteiger charge is -2.19. The normalized spacial score (nSPS) is 16.0. The van der Waals surface area contributed by atoms with Crippen molar-refractivity contribution in [2.75, 3.05) is 18.8 Å². The molecule has 1 aliphatic rings. The van der Waals surface area contributed by atoms with E-state index in [0.717, 1.165) is 36.5 Å². The molecular weight excluding hydrogens is 362 g/mol. The van der Waals surface area contributed by atoms with Gasteiger partial charge < -0.3 is 10.1 Å². The second-order valence-corrected chi connectivity index (χ2v) is 8.35. The van der Waals surface area contributed by atoms with Gasteiger partial charge in [-0.1, -0.05) is 42.8 Å². The quantitative estimate of drug-likeness (QED) is 0.670. The summed E-state index contributed by atoms with van der Waals surface area (Å²) in [5.41, 5.74) is 0.400. The highest BCUT2D eigenvalue weighted by molar-refractivity contribution is 8.15. The molecule has 6 nitrogen and oxygen atoms in total. The Morgan fingerprint density at radius 2 is 1.89 bits per heavy atom. The van der Waals surface area contributed by atoms with Crippen LogP contribution in [0.15, 0.2) is 35.3 Å². The van der Waals surface area contributed by atoms with Gasteiger partial charge >= 0.3 is 6.09 Å². The molecule has 0 unspecified atom stereocenters. The third-order valence-corrected chi connectivity index (χ3v) is 4.78. The highest BCUT2D eigenvalue weighted by Crippen LogP contribution is 2.24. The summed E-state index contributed by atoms with van der Waals surface area (Å²) in [6.07, 6.45) is 3.45. The second kappa shape index (κ2) is 10.3. The number of nitrogens with one attached hydrogen (secondary N) is 1. The van der Waals surface area contributed by atoms with E-state index in [1.807, 2.05) is 51.1 Å². The first-order valence-electron chi connectivity index (χ1n) is 9.39. The number of ether oxygens (including phenoxy) is 1. The number of carbonyl (C=O) groups excluding carboxylic acids is 2. The fraction of sp³-hybridized carbons (Fsp3) is 0.550. The molecule has 0 spiro atoms. The van der Waals surface area contributed by atoms with Crippen LogP contribution in [-0.2, 0) is 9.53 Å². The van der Waals surface area contributed by atoms with Crippen LogP contribution in [0, 0.1) is 0 Å². The molecule has 1 aromatic rings. The van der Waals surface area contributed by atoms with E-state index >= 15 is 0 Å². The first-order chi connectivity index (χ1) is 12.8. The standard InChI is InChI=1S/C20H29N3O3S/c1-20(2,3)26-19(25)21-13-9-4-5-10-14-23-17(24)15-27-18(23)22-16-11-7-6-8-12-16/h6-8,11-12H,4-5,9-10,13-15H2,1-3H3,(H,21,25). The van der Waals surface area contributed by atoms with Crippen molar-refractivity contribution in [1.82, 2.24) is 10.2 Å². The molecule has 2 amide bonds. The number of alkyl carbamates (subject to hydrolysis) is 1. The van der Waals surface area contributed by atoms with E-state index in [-0.39, 0.29) is 12.0 Å². The van der Waals surface area contributed by atoms with Gasteiger partial charge in [-0.15, -0.1) is 0 Å². The largest absolute Gasteiger partial charge is 0.444 e. The van der Waals surface area contributed by atoms with Crippen LogP contribution >= 0.6 is 11.8 Å². The fourth-order valence-electron chi connectivity index (χ4n) is 2.57. The van der Waals surface area contributed by atoms with Crippen LogP contribution in [0.1, 0.15) is 46.5 Å². The Labute approximate surface area is 165 Å². The van der Waals surface area contributed by atoms with E-state index in [1.165, 1.54) is 11.8 Å². The summed E-state index contributed by atoms with van der Waals surface area (Å²) >= 11 is 1.50. The van der Waals surface area contributed by atoms with E-state index in [4.69, 9.17) is 4.74 Å². The number of para-hydroxylation sites is 1. The van der Waals surface area contributed by atoms with Gasteiger partial charge in [-0.25, -0.2) is 9.79 Å². The highest BCUT2D eigenvalue weighted by Gasteiger charge is 2.27. The molecule has 0 atom stereocenters. The van der Waals surface area contributed by atoms with Gasteiger partial charge in [0.05, 0.1) is 11.4 Å². The van der Waals surface area contributed by atoms with Gasteiger partial charge in [-0.3, -0.25) is 9.69 Å². The lowest BCUT2D eigenvalue weighted by molar-refractivity contribution is -0.124. The van der Waals surface area contributed by atoms with Gasteiger partial charge in [0.25, 0.3) is 0 Å². The summed E-state index contributed by atoms with van der Waals surface area (Å²) in [6.45, 7) is 6.84.